The molecule has 0 fully saturated rings. The van der Waals surface area contributed by atoms with E-state index in [2.05, 4.69) is 20.0 Å². The molecule has 1 radical (unpaired) electrons. The molecule has 1 rings (SSSR count). The van der Waals surface area contributed by atoms with Crippen molar-refractivity contribution in [1.29, 1.82) is 0 Å². The van der Waals surface area contributed by atoms with E-state index in [-0.39, 0.29) is 29.0 Å². The third kappa shape index (κ3) is 14.9. The van der Waals surface area contributed by atoms with Gasteiger partial charge in [0.15, 0.2) is 0 Å². The molecular formula is C12H12FeO5-. The molecular weight excluding hydrogens is 280 g/mol. The predicted molar refractivity (Wildman–Crippen MR) is 54.3 cm³/mol. The minimum absolute atomic E-state index is 0. The molecule has 0 heterocycles. The monoisotopic (exact) mass is 292 g/mol. The second kappa shape index (κ2) is 25.0. The number of hydrogen-bond acceptors (Lipinski definition) is 2. The van der Waals surface area contributed by atoms with Crippen LogP contribution < -0.4 is 0 Å². The Morgan fingerprint density at radius 2 is 1.83 bits per heavy atom. The van der Waals surface area contributed by atoms with Crippen LogP contribution in [0, 0.1) is 38.7 Å². The van der Waals surface area contributed by atoms with Crippen LogP contribution in [0.1, 0.15) is 13.3 Å². The number of rotatable bonds is 2. The largest absolute Gasteiger partial charge is 0 e. The van der Waals surface area contributed by atoms with Gasteiger partial charge < -0.3 is 11.2 Å². The smallest absolute Gasteiger partial charge is 0 e. The summed E-state index contributed by atoms with van der Waals surface area (Å²) in [6, 6.07) is 0. The van der Waals surface area contributed by atoms with Gasteiger partial charge in [-0.15, -0.1) is 6.08 Å². The molecule has 1 aliphatic rings. The Labute approximate surface area is 118 Å². The predicted octanol–water partition coefficient (Wildman–Crippen LogP) is 1.42. The van der Waals surface area contributed by atoms with E-state index in [1.54, 1.807) is 0 Å². The number of carbonyl (C=O) groups is 1. The molecule has 18 heavy (non-hydrogen) atoms. The van der Waals surface area contributed by atoms with E-state index >= 15 is 0 Å². The second-order valence-electron chi connectivity index (χ2n) is 2.37. The number of carbonyl (C=O) groups excluding carboxylic acids is 1. The zero-order valence-corrected chi connectivity index (χ0v) is 10.8. The van der Waals surface area contributed by atoms with Gasteiger partial charge in [-0.05, 0) is 19.3 Å². The Morgan fingerprint density at radius 1 is 1.33 bits per heavy atom. The molecule has 0 N–H and O–H groups in total. The molecule has 1 atom stereocenters. The van der Waals surface area contributed by atoms with Gasteiger partial charge in [0.2, 0.25) is 0 Å². The Kier molecular flexibility index (Phi) is 35.7. The molecule has 0 saturated heterocycles. The first-order chi connectivity index (χ1) is 8.34. The molecule has 99 valence electrons. The van der Waals surface area contributed by atoms with Crippen molar-refractivity contribution in [3.8, 4) is 0 Å². The van der Waals surface area contributed by atoms with E-state index in [1.807, 2.05) is 31.9 Å². The van der Waals surface area contributed by atoms with E-state index < -0.39 is 0 Å². The molecule has 6 heteroatoms. The van der Waals surface area contributed by atoms with E-state index in [1.165, 1.54) is 0 Å². The second-order valence-corrected chi connectivity index (χ2v) is 2.37. The van der Waals surface area contributed by atoms with Gasteiger partial charge in [-0.2, -0.15) is 6.42 Å². The quantitative estimate of drug-likeness (QED) is 0.333. The number of esters is 1. The normalized spacial score (nSPS) is 14.5. The molecule has 0 aromatic carbocycles. The standard InChI is InChI=1S/C9H12O2.3CO.Fe/c1-2-11-9(10)8-6-4-3-5-7-8;3*1-2;/h3-4,6-8H,2,5H2,1H3;;;;/q-1;;;;. The summed E-state index contributed by atoms with van der Waals surface area (Å²) >= 11 is 0. The molecule has 5 nitrogen and oxygen atoms in total. The summed E-state index contributed by atoms with van der Waals surface area (Å²) in [5.41, 5.74) is 0. The van der Waals surface area contributed by atoms with Gasteiger partial charge in [0.25, 0.3) is 5.97 Å². The Morgan fingerprint density at radius 3 is 2.17 bits per heavy atom. The fourth-order valence-electron chi connectivity index (χ4n) is 0.994. The fourth-order valence-corrected chi connectivity index (χ4v) is 0.994. The maximum atomic E-state index is 11.1. The summed E-state index contributed by atoms with van der Waals surface area (Å²) in [5.74, 6) is -0.267. The first-order valence-corrected chi connectivity index (χ1v) is 4.45. The molecule has 0 bridgehead atoms. The van der Waals surface area contributed by atoms with Crippen LogP contribution >= 0.6 is 0 Å². The zero-order chi connectivity index (χ0) is 14.1. The van der Waals surface area contributed by atoms with Gasteiger partial charge in [0, 0.05) is 17.1 Å². The summed E-state index contributed by atoms with van der Waals surface area (Å²) < 4.78 is 27.3. The molecule has 0 aliphatic heterocycles. The third-order valence-electron chi connectivity index (χ3n) is 1.54. The van der Waals surface area contributed by atoms with Crippen LogP contribution in [0.3, 0.4) is 0 Å². The first kappa shape index (κ1) is 25.7. The van der Waals surface area contributed by atoms with Gasteiger partial charge in [0.1, 0.15) is 0 Å². The average Bonchev–Trinajstić information content (AvgIpc) is 2.46. The zero-order valence-electron chi connectivity index (χ0n) is 9.70. The van der Waals surface area contributed by atoms with E-state index in [9.17, 15) is 4.79 Å². The summed E-state index contributed by atoms with van der Waals surface area (Å²) in [6.45, 7) is 15.8. The molecule has 0 aromatic rings. The number of allylic oxidation sites excluding steroid dienone is 1. The summed E-state index contributed by atoms with van der Waals surface area (Å²) in [6.07, 6.45) is 8.57. The van der Waals surface area contributed by atoms with Crippen LogP contribution in [-0.2, 0) is 40.6 Å². The van der Waals surface area contributed by atoms with Crippen molar-refractivity contribution in [2.75, 3.05) is 6.61 Å². The molecule has 0 spiro atoms. The Bertz CT molecular complexity index is 253. The minimum atomic E-state index is -0.142. The maximum Gasteiger partial charge on any atom is 0 e. The van der Waals surface area contributed by atoms with Crippen LogP contribution in [0.15, 0.2) is 12.2 Å². The van der Waals surface area contributed by atoms with Gasteiger partial charge >= 0.3 is 33.9 Å². The van der Waals surface area contributed by atoms with Crippen molar-refractivity contribution < 1.29 is 40.6 Å². The summed E-state index contributed by atoms with van der Waals surface area (Å²) in [5, 5.41) is 0. The molecule has 0 saturated carbocycles. The van der Waals surface area contributed by atoms with Gasteiger partial charge in [0.05, 0.1) is 6.61 Å². The van der Waals surface area contributed by atoms with Gasteiger partial charge in [-0.1, -0.05) is 6.08 Å². The van der Waals surface area contributed by atoms with Crippen molar-refractivity contribution in [3.63, 3.8) is 0 Å². The fraction of sp³-hybridized carbons (Fsp3) is 0.333. The van der Waals surface area contributed by atoms with Crippen LogP contribution in [0.5, 0.6) is 0 Å². The van der Waals surface area contributed by atoms with E-state index in [0.717, 1.165) is 6.42 Å². The van der Waals surface area contributed by atoms with Crippen LogP contribution in [0.25, 0.3) is 0 Å². The minimum Gasteiger partial charge on any atom is 0 e. The number of ether oxygens (including phenoxy) is 1. The number of hydrogen-bond donors (Lipinski definition) is 0. The van der Waals surface area contributed by atoms with Crippen molar-refractivity contribution in [2.24, 2.45) is 5.92 Å². The van der Waals surface area contributed by atoms with Gasteiger partial charge in [-0.3, -0.25) is 4.79 Å². The molecule has 0 aromatic heterocycles. The first-order valence-electron chi connectivity index (χ1n) is 4.45. The van der Waals surface area contributed by atoms with Crippen molar-refractivity contribution in [1.82, 2.24) is 0 Å². The topological polar surface area (TPSA) is 86.0 Å². The third-order valence-corrected chi connectivity index (χ3v) is 1.54. The van der Waals surface area contributed by atoms with E-state index in [4.69, 9.17) is 18.7 Å². The van der Waals surface area contributed by atoms with Gasteiger partial charge in [-0.25, -0.2) is 0 Å². The Balaban J connectivity index is -0.000000123. The Hall–Kier alpha value is -1.05. The molecule has 0 amide bonds. The summed E-state index contributed by atoms with van der Waals surface area (Å²) in [7, 11) is 0. The maximum absolute atomic E-state index is 11.1. The SMILES string of the molecule is CCOC(=O)C1C=C[CH]C[CH-]1.[C-]#[O+].[C-]#[O+].[C-]#[O+].[Fe]. The van der Waals surface area contributed by atoms with Crippen LogP contribution in [0.2, 0.25) is 0 Å². The van der Waals surface area contributed by atoms with Crippen molar-refractivity contribution in [2.45, 2.75) is 13.3 Å². The van der Waals surface area contributed by atoms with Crippen LogP contribution in [0.4, 0.5) is 0 Å². The molecule has 1 unspecified atom stereocenters. The van der Waals surface area contributed by atoms with Crippen molar-refractivity contribution >= 4 is 5.97 Å². The van der Waals surface area contributed by atoms with Crippen LogP contribution in [-0.4, -0.2) is 12.6 Å². The molecule has 1 aliphatic carbocycles. The van der Waals surface area contributed by atoms with Crippen molar-refractivity contribution in [3.05, 3.63) is 44.9 Å². The van der Waals surface area contributed by atoms with E-state index in [0.29, 0.717) is 6.61 Å². The average molecular weight is 292 g/mol. The summed E-state index contributed by atoms with van der Waals surface area (Å²) in [4.78, 5) is 11.1.